The van der Waals surface area contributed by atoms with E-state index in [-0.39, 0.29) is 37.3 Å². The van der Waals surface area contributed by atoms with Crippen LogP contribution in [0.5, 0.6) is 0 Å². The summed E-state index contributed by atoms with van der Waals surface area (Å²) in [4.78, 5) is 9.49. The van der Waals surface area contributed by atoms with Crippen LogP contribution in [0, 0.1) is 30.4 Å². The molecule has 0 bridgehead atoms. The van der Waals surface area contributed by atoms with Crippen molar-refractivity contribution in [3.05, 3.63) is 107 Å². The van der Waals surface area contributed by atoms with Gasteiger partial charge in [0.1, 0.15) is 0 Å². The molecule has 0 fully saturated rings. The quantitative estimate of drug-likeness (QED) is 0.202. The SMILES string of the molecule is Cc1cccc(-c2[c-]c(-c3[c-]c(C(C)(C)c4ccccn4)ccc3)c(C(C)(C)C)c(C#N)c2C(C)(C)C)n1.[Pt+2]. The maximum Gasteiger partial charge on any atom is 2.00 e. The third-order valence-electron chi connectivity index (χ3n) is 7.05. The minimum atomic E-state index is -0.344. The van der Waals surface area contributed by atoms with Crippen LogP contribution in [0.4, 0.5) is 0 Å². The maximum atomic E-state index is 10.7. The molecule has 39 heavy (non-hydrogen) atoms. The van der Waals surface area contributed by atoms with Gasteiger partial charge in [0.15, 0.2) is 0 Å². The second-order valence-corrected chi connectivity index (χ2v) is 12.6. The number of aromatic nitrogens is 2. The molecule has 0 aliphatic rings. The van der Waals surface area contributed by atoms with Gasteiger partial charge in [-0.1, -0.05) is 79.2 Å². The van der Waals surface area contributed by atoms with Gasteiger partial charge in [0.25, 0.3) is 0 Å². The van der Waals surface area contributed by atoms with Crippen molar-refractivity contribution in [2.45, 2.75) is 78.6 Å². The third kappa shape index (κ3) is 6.08. The van der Waals surface area contributed by atoms with Crippen molar-refractivity contribution in [2.24, 2.45) is 0 Å². The second-order valence-electron chi connectivity index (χ2n) is 12.6. The number of aryl methyl sites for hydroxylation is 1. The van der Waals surface area contributed by atoms with E-state index in [0.29, 0.717) is 5.56 Å². The Morgan fingerprint density at radius 2 is 1.38 bits per heavy atom. The normalized spacial score (nSPS) is 12.0. The van der Waals surface area contributed by atoms with Gasteiger partial charge >= 0.3 is 21.1 Å². The minimum Gasteiger partial charge on any atom is -0.292 e. The Balaban J connectivity index is 0.00000420. The van der Waals surface area contributed by atoms with Crippen molar-refractivity contribution in [1.29, 1.82) is 5.26 Å². The van der Waals surface area contributed by atoms with Gasteiger partial charge in [0, 0.05) is 28.7 Å². The van der Waals surface area contributed by atoms with E-state index in [2.05, 4.69) is 103 Å². The predicted molar refractivity (Wildman–Crippen MR) is 156 cm³/mol. The molecule has 0 unspecified atom stereocenters. The third-order valence-corrected chi connectivity index (χ3v) is 7.05. The number of benzene rings is 2. The van der Waals surface area contributed by atoms with Gasteiger partial charge in [-0.15, -0.1) is 22.8 Å². The molecule has 0 atom stereocenters. The molecule has 4 aromatic rings. The van der Waals surface area contributed by atoms with Gasteiger partial charge in [-0.25, -0.2) is 5.56 Å². The van der Waals surface area contributed by atoms with Crippen molar-refractivity contribution >= 4 is 0 Å². The number of hydrogen-bond acceptors (Lipinski definition) is 3. The van der Waals surface area contributed by atoms with Crippen LogP contribution in [-0.4, -0.2) is 9.97 Å². The standard InChI is InChI=1S/C35H37N3.Pt/c1-23-14-12-17-29(38-23)27-21-26(31(33(2,3)4)28(22-36)32(27)34(5,6)7)24-15-13-16-25(20-24)35(8,9)30-18-10-11-19-37-30;/h10-19H,1-9H3;/q-2;+2. The zero-order valence-corrected chi connectivity index (χ0v) is 26.7. The molecular weight excluding hydrogens is 657 g/mol. The predicted octanol–water partition coefficient (Wildman–Crippen LogP) is 8.51. The van der Waals surface area contributed by atoms with E-state index in [0.717, 1.165) is 50.5 Å². The second kappa shape index (κ2) is 11.2. The van der Waals surface area contributed by atoms with E-state index >= 15 is 0 Å². The average molecular weight is 695 g/mol. The van der Waals surface area contributed by atoms with Crippen LogP contribution in [0.25, 0.3) is 22.4 Å². The molecule has 2 aromatic heterocycles. The van der Waals surface area contributed by atoms with Crippen LogP contribution in [0.2, 0.25) is 0 Å². The van der Waals surface area contributed by atoms with Gasteiger partial charge in [0.05, 0.1) is 6.07 Å². The molecule has 202 valence electrons. The fraction of sp³-hybridized carbons (Fsp3) is 0.343. The first kappa shape index (κ1) is 30.5. The van der Waals surface area contributed by atoms with Crippen molar-refractivity contribution in [3.8, 4) is 28.5 Å². The zero-order valence-electron chi connectivity index (χ0n) is 24.4. The molecule has 3 nitrogen and oxygen atoms in total. The Bertz CT molecular complexity index is 1510. The molecule has 0 amide bonds. The van der Waals surface area contributed by atoms with E-state index < -0.39 is 0 Å². The van der Waals surface area contributed by atoms with Crippen molar-refractivity contribution in [3.63, 3.8) is 0 Å². The first-order valence-electron chi connectivity index (χ1n) is 13.2. The van der Waals surface area contributed by atoms with Gasteiger partial charge in [-0.05, 0) is 41.5 Å². The van der Waals surface area contributed by atoms with Gasteiger partial charge in [-0.2, -0.15) is 35.1 Å². The average Bonchev–Trinajstić information content (AvgIpc) is 2.86. The van der Waals surface area contributed by atoms with Crippen LogP contribution in [0.1, 0.15) is 89.0 Å². The van der Waals surface area contributed by atoms with E-state index in [4.69, 9.17) is 4.98 Å². The first-order valence-corrected chi connectivity index (χ1v) is 13.2. The van der Waals surface area contributed by atoms with E-state index in [1.807, 2.05) is 43.5 Å². The Kier molecular flexibility index (Phi) is 8.74. The number of hydrogen-bond donors (Lipinski definition) is 0. The zero-order chi connectivity index (χ0) is 27.9. The van der Waals surface area contributed by atoms with E-state index in [1.54, 1.807) is 0 Å². The summed E-state index contributed by atoms with van der Waals surface area (Å²) in [5.74, 6) is 0. The first-order chi connectivity index (χ1) is 17.7. The molecule has 2 aromatic carbocycles. The maximum absolute atomic E-state index is 10.7. The molecule has 2 heterocycles. The summed E-state index contributed by atoms with van der Waals surface area (Å²) in [6.07, 6.45) is 1.83. The van der Waals surface area contributed by atoms with E-state index in [9.17, 15) is 5.26 Å². The summed E-state index contributed by atoms with van der Waals surface area (Å²) in [5, 5.41) is 10.7. The number of rotatable bonds is 4. The molecule has 0 spiro atoms. The van der Waals surface area contributed by atoms with Crippen molar-refractivity contribution in [1.82, 2.24) is 9.97 Å². The van der Waals surface area contributed by atoms with Gasteiger partial charge in [-0.3, -0.25) is 9.97 Å². The monoisotopic (exact) mass is 694 g/mol. The van der Waals surface area contributed by atoms with Crippen LogP contribution in [-0.2, 0) is 37.3 Å². The van der Waals surface area contributed by atoms with Crippen LogP contribution in [0.3, 0.4) is 0 Å². The Morgan fingerprint density at radius 1 is 0.744 bits per heavy atom. The van der Waals surface area contributed by atoms with Crippen LogP contribution in [0.15, 0.2) is 60.8 Å². The molecule has 0 aliphatic carbocycles. The molecule has 0 radical (unpaired) electrons. The summed E-state index contributed by atoms with van der Waals surface area (Å²) in [7, 11) is 0. The number of pyridine rings is 2. The fourth-order valence-electron chi connectivity index (χ4n) is 5.16. The molecule has 0 saturated heterocycles. The molecule has 0 aliphatic heterocycles. The van der Waals surface area contributed by atoms with Crippen molar-refractivity contribution in [2.75, 3.05) is 0 Å². The minimum absolute atomic E-state index is 0. The fourth-order valence-corrected chi connectivity index (χ4v) is 5.16. The molecule has 0 saturated carbocycles. The smallest absolute Gasteiger partial charge is 0.292 e. The molecule has 0 N–H and O–H groups in total. The summed E-state index contributed by atoms with van der Waals surface area (Å²) >= 11 is 0. The largest absolute Gasteiger partial charge is 2.00 e. The van der Waals surface area contributed by atoms with Crippen LogP contribution < -0.4 is 0 Å². The summed E-state index contributed by atoms with van der Waals surface area (Å²) < 4.78 is 0. The van der Waals surface area contributed by atoms with Crippen molar-refractivity contribution < 1.29 is 21.1 Å². The molecular formula is C35H37N3Pt. The van der Waals surface area contributed by atoms with E-state index in [1.165, 1.54) is 0 Å². The Morgan fingerprint density at radius 3 is 1.95 bits per heavy atom. The summed E-state index contributed by atoms with van der Waals surface area (Å²) in [6.45, 7) is 19.3. The summed E-state index contributed by atoms with van der Waals surface area (Å²) in [6, 6.07) is 28.4. The Labute approximate surface area is 249 Å². The number of nitriles is 1. The Hall–Kier alpha value is -3.08. The van der Waals surface area contributed by atoms with Crippen LogP contribution >= 0.6 is 0 Å². The summed E-state index contributed by atoms with van der Waals surface area (Å²) in [5.41, 5.74) is 8.24. The number of nitrogens with zero attached hydrogens (tertiary/aromatic N) is 3. The molecule has 4 rings (SSSR count). The van der Waals surface area contributed by atoms with Gasteiger partial charge in [0.2, 0.25) is 0 Å². The topological polar surface area (TPSA) is 49.6 Å². The van der Waals surface area contributed by atoms with Gasteiger partial charge < -0.3 is 0 Å². The molecule has 4 heteroatoms.